The lowest BCUT2D eigenvalue weighted by atomic mass is 9.87. The Kier molecular flexibility index (Phi) is 5.67. The molecule has 1 atom stereocenters. The number of ketones is 1. The average molecular weight is 330 g/mol. The summed E-state index contributed by atoms with van der Waals surface area (Å²) >= 11 is 11.9. The second-order valence-corrected chi connectivity index (χ2v) is 6.39. The molecule has 3 nitrogen and oxygen atoms in total. The highest BCUT2D eigenvalue weighted by molar-refractivity contribution is 6.42. The van der Waals surface area contributed by atoms with Crippen LogP contribution in [0.5, 0.6) is 0 Å². The second-order valence-electron chi connectivity index (χ2n) is 5.58. The van der Waals surface area contributed by atoms with E-state index in [0.717, 1.165) is 25.1 Å². The lowest BCUT2D eigenvalue weighted by molar-refractivity contribution is -0.133. The Morgan fingerprint density at radius 2 is 1.95 bits per heavy atom. The van der Waals surface area contributed by atoms with Crippen LogP contribution in [0.2, 0.25) is 10.0 Å². The molecule has 1 saturated heterocycles. The van der Waals surface area contributed by atoms with E-state index in [1.54, 1.807) is 12.1 Å². The molecule has 1 aliphatic heterocycles. The first kappa shape index (κ1) is 16.8. The van der Waals surface area contributed by atoms with E-state index in [9.17, 15) is 4.79 Å². The SMILES string of the molecule is CCC(C)(C(=O)Cc1ccc(Cl)c(Cl)c1)N1CCOCC1. The number of hydrogen-bond donors (Lipinski definition) is 0. The van der Waals surface area contributed by atoms with Gasteiger partial charge in [0.1, 0.15) is 0 Å². The summed E-state index contributed by atoms with van der Waals surface area (Å²) in [5.74, 6) is 0.213. The molecule has 1 fully saturated rings. The maximum atomic E-state index is 12.8. The third-order valence-corrected chi connectivity index (χ3v) is 5.09. The summed E-state index contributed by atoms with van der Waals surface area (Å²) in [7, 11) is 0. The van der Waals surface area contributed by atoms with Gasteiger partial charge in [-0.2, -0.15) is 0 Å². The van der Waals surface area contributed by atoms with E-state index in [-0.39, 0.29) is 5.78 Å². The van der Waals surface area contributed by atoms with Crippen molar-refractivity contribution < 1.29 is 9.53 Å². The summed E-state index contributed by atoms with van der Waals surface area (Å²) in [5.41, 5.74) is 0.456. The van der Waals surface area contributed by atoms with Crippen molar-refractivity contribution >= 4 is 29.0 Å². The Bertz CT molecular complexity index is 515. The molecular formula is C16H21Cl2NO2. The zero-order chi connectivity index (χ0) is 15.5. The molecule has 116 valence electrons. The molecule has 1 aliphatic rings. The molecule has 21 heavy (non-hydrogen) atoms. The highest BCUT2D eigenvalue weighted by Gasteiger charge is 2.37. The average Bonchev–Trinajstić information content (AvgIpc) is 2.51. The van der Waals surface area contributed by atoms with Crippen molar-refractivity contribution in [3.63, 3.8) is 0 Å². The summed E-state index contributed by atoms with van der Waals surface area (Å²) in [6.45, 7) is 7.07. The molecule has 1 aromatic carbocycles. The highest BCUT2D eigenvalue weighted by atomic mass is 35.5. The van der Waals surface area contributed by atoms with Crippen molar-refractivity contribution in [3.8, 4) is 0 Å². The lowest BCUT2D eigenvalue weighted by Crippen LogP contribution is -2.56. The van der Waals surface area contributed by atoms with Crippen LogP contribution in [0.25, 0.3) is 0 Å². The van der Waals surface area contributed by atoms with Crippen LogP contribution < -0.4 is 0 Å². The molecule has 1 aromatic rings. The van der Waals surface area contributed by atoms with Crippen LogP contribution in [0.15, 0.2) is 18.2 Å². The number of carbonyl (C=O) groups excluding carboxylic acids is 1. The van der Waals surface area contributed by atoms with Gasteiger partial charge in [-0.15, -0.1) is 0 Å². The van der Waals surface area contributed by atoms with Crippen molar-refractivity contribution in [2.24, 2.45) is 0 Å². The van der Waals surface area contributed by atoms with E-state index in [1.165, 1.54) is 0 Å². The number of ether oxygens (including phenoxy) is 1. The van der Waals surface area contributed by atoms with E-state index < -0.39 is 5.54 Å². The van der Waals surface area contributed by atoms with Gasteiger partial charge in [-0.25, -0.2) is 0 Å². The van der Waals surface area contributed by atoms with Gasteiger partial charge in [0, 0.05) is 19.5 Å². The largest absolute Gasteiger partial charge is 0.379 e. The Balaban J connectivity index is 2.13. The Morgan fingerprint density at radius 1 is 1.29 bits per heavy atom. The monoisotopic (exact) mass is 329 g/mol. The van der Waals surface area contributed by atoms with E-state index in [0.29, 0.717) is 29.7 Å². The van der Waals surface area contributed by atoms with Gasteiger partial charge in [0.2, 0.25) is 0 Å². The molecule has 0 bridgehead atoms. The fourth-order valence-electron chi connectivity index (χ4n) is 2.68. The number of morpholine rings is 1. The van der Waals surface area contributed by atoms with Gasteiger partial charge < -0.3 is 4.74 Å². The van der Waals surface area contributed by atoms with Gasteiger partial charge >= 0.3 is 0 Å². The number of hydrogen-bond acceptors (Lipinski definition) is 3. The number of Topliss-reactive ketones (excluding diaryl/α,β-unsaturated/α-hetero) is 1. The van der Waals surface area contributed by atoms with Crippen LogP contribution in [0, 0.1) is 0 Å². The molecule has 1 heterocycles. The third-order valence-electron chi connectivity index (χ3n) is 4.35. The summed E-state index contributed by atoms with van der Waals surface area (Å²) in [6.07, 6.45) is 1.16. The van der Waals surface area contributed by atoms with Gasteiger partial charge in [0.05, 0.1) is 28.8 Å². The number of rotatable bonds is 5. The standard InChI is InChI=1S/C16H21Cl2NO2/c1-3-16(2,19-6-8-21-9-7-19)15(20)11-12-4-5-13(17)14(18)10-12/h4-5,10H,3,6-9,11H2,1-2H3. The first-order chi connectivity index (χ1) is 9.97. The fourth-order valence-corrected chi connectivity index (χ4v) is 3.00. The highest BCUT2D eigenvalue weighted by Crippen LogP contribution is 2.26. The van der Waals surface area contributed by atoms with Crippen LogP contribution in [0.3, 0.4) is 0 Å². The maximum Gasteiger partial charge on any atom is 0.157 e. The summed E-state index contributed by atoms with van der Waals surface area (Å²) < 4.78 is 5.38. The molecule has 0 N–H and O–H groups in total. The van der Waals surface area contributed by atoms with E-state index in [1.807, 2.05) is 13.0 Å². The molecule has 1 unspecified atom stereocenters. The minimum Gasteiger partial charge on any atom is -0.379 e. The molecule has 0 aromatic heterocycles. The van der Waals surface area contributed by atoms with Crippen LogP contribution in [0.1, 0.15) is 25.8 Å². The molecule has 0 saturated carbocycles. The number of nitrogens with zero attached hydrogens (tertiary/aromatic N) is 1. The minimum absolute atomic E-state index is 0.213. The van der Waals surface area contributed by atoms with Crippen LogP contribution >= 0.6 is 23.2 Å². The lowest BCUT2D eigenvalue weighted by Gasteiger charge is -2.41. The topological polar surface area (TPSA) is 29.5 Å². The quantitative estimate of drug-likeness (QED) is 0.826. The number of benzene rings is 1. The van der Waals surface area contributed by atoms with Gasteiger partial charge in [-0.3, -0.25) is 9.69 Å². The maximum absolute atomic E-state index is 12.8. The fraction of sp³-hybridized carbons (Fsp3) is 0.562. The third kappa shape index (κ3) is 3.78. The second kappa shape index (κ2) is 7.10. The predicted molar refractivity (Wildman–Crippen MR) is 86.3 cm³/mol. The number of halogens is 2. The van der Waals surface area contributed by atoms with E-state index in [4.69, 9.17) is 27.9 Å². The van der Waals surface area contributed by atoms with E-state index in [2.05, 4.69) is 11.8 Å². The van der Waals surface area contributed by atoms with Gasteiger partial charge in [-0.1, -0.05) is 36.2 Å². The Morgan fingerprint density at radius 3 is 2.52 bits per heavy atom. The van der Waals surface area contributed by atoms with Crippen LogP contribution in [-0.2, 0) is 16.0 Å². The zero-order valence-electron chi connectivity index (χ0n) is 12.5. The normalized spacial score (nSPS) is 19.2. The first-order valence-electron chi connectivity index (χ1n) is 7.27. The molecule has 0 amide bonds. The van der Waals surface area contributed by atoms with Gasteiger partial charge in [0.15, 0.2) is 5.78 Å². The molecule has 0 spiro atoms. The molecule has 0 aliphatic carbocycles. The van der Waals surface area contributed by atoms with Gasteiger partial charge in [0.25, 0.3) is 0 Å². The molecule has 5 heteroatoms. The Labute approximate surface area is 136 Å². The van der Waals surface area contributed by atoms with Crippen molar-refractivity contribution in [2.45, 2.75) is 32.2 Å². The zero-order valence-corrected chi connectivity index (χ0v) is 14.0. The van der Waals surface area contributed by atoms with Crippen molar-refractivity contribution in [1.29, 1.82) is 0 Å². The summed E-state index contributed by atoms with van der Waals surface area (Å²) in [4.78, 5) is 15.0. The summed E-state index contributed by atoms with van der Waals surface area (Å²) in [5, 5.41) is 1.01. The van der Waals surface area contributed by atoms with Crippen molar-refractivity contribution in [1.82, 2.24) is 4.90 Å². The molecule has 2 rings (SSSR count). The predicted octanol–water partition coefficient (Wildman–Crippen LogP) is 3.61. The molecule has 0 radical (unpaired) electrons. The molecular weight excluding hydrogens is 309 g/mol. The smallest absolute Gasteiger partial charge is 0.157 e. The number of carbonyl (C=O) groups is 1. The summed E-state index contributed by atoms with van der Waals surface area (Å²) in [6, 6.07) is 5.38. The first-order valence-corrected chi connectivity index (χ1v) is 8.03. The van der Waals surface area contributed by atoms with Crippen molar-refractivity contribution in [2.75, 3.05) is 26.3 Å². The van der Waals surface area contributed by atoms with Gasteiger partial charge in [-0.05, 0) is 31.0 Å². The van der Waals surface area contributed by atoms with Crippen LogP contribution in [-0.4, -0.2) is 42.5 Å². The van der Waals surface area contributed by atoms with Crippen LogP contribution in [0.4, 0.5) is 0 Å². The minimum atomic E-state index is -0.449. The van der Waals surface area contributed by atoms with Crippen molar-refractivity contribution in [3.05, 3.63) is 33.8 Å². The Hall–Kier alpha value is -0.610. The van der Waals surface area contributed by atoms with E-state index >= 15 is 0 Å².